The molecule has 2 rings (SSSR count). The van der Waals surface area contributed by atoms with E-state index in [0.29, 0.717) is 28.3 Å². The van der Waals surface area contributed by atoms with Crippen LogP contribution >= 0.6 is 0 Å². The third kappa shape index (κ3) is 3.71. The maximum atomic E-state index is 12.4. The highest BCUT2D eigenvalue weighted by atomic mass is 16.5. The number of esters is 1. The Morgan fingerprint density at radius 2 is 1.87 bits per heavy atom. The second-order valence-electron chi connectivity index (χ2n) is 5.37. The summed E-state index contributed by atoms with van der Waals surface area (Å²) in [4.78, 5) is 32.7. The Morgan fingerprint density at radius 3 is 2.48 bits per heavy atom. The number of carbonyl (C=O) groups excluding carboxylic acids is 2. The van der Waals surface area contributed by atoms with Gasteiger partial charge in [0, 0.05) is 12.1 Å². The van der Waals surface area contributed by atoms with Crippen molar-refractivity contribution in [3.05, 3.63) is 53.1 Å². The van der Waals surface area contributed by atoms with E-state index >= 15 is 0 Å². The molecule has 2 aromatic rings. The number of rotatable bonds is 4. The van der Waals surface area contributed by atoms with Gasteiger partial charge in [0.15, 0.2) is 0 Å². The molecule has 0 fully saturated rings. The molecule has 0 bridgehead atoms. The lowest BCUT2D eigenvalue weighted by Crippen LogP contribution is -2.18. The molecule has 1 aromatic heterocycles. The maximum absolute atomic E-state index is 12.4. The van der Waals surface area contributed by atoms with Crippen molar-refractivity contribution in [1.29, 1.82) is 0 Å². The topological polar surface area (TPSA) is 81.2 Å². The summed E-state index contributed by atoms with van der Waals surface area (Å²) in [5.74, 6) is -0.00180. The molecule has 0 aliphatic rings. The number of carbonyl (C=O) groups is 2. The van der Waals surface area contributed by atoms with E-state index in [1.54, 1.807) is 31.2 Å². The molecule has 0 radical (unpaired) electrons. The molecular formula is C17H19N3O3. The van der Waals surface area contributed by atoms with Crippen molar-refractivity contribution in [2.45, 2.75) is 26.7 Å². The van der Waals surface area contributed by atoms with Crippen LogP contribution in [0.2, 0.25) is 0 Å². The van der Waals surface area contributed by atoms with Crippen molar-refractivity contribution in [2.75, 3.05) is 12.4 Å². The second-order valence-corrected chi connectivity index (χ2v) is 5.37. The van der Waals surface area contributed by atoms with Gasteiger partial charge in [-0.15, -0.1) is 0 Å². The van der Waals surface area contributed by atoms with Gasteiger partial charge in [0.05, 0.1) is 29.6 Å². The Bertz CT molecular complexity index is 742. The summed E-state index contributed by atoms with van der Waals surface area (Å²) in [5, 5.41) is 2.71. The van der Waals surface area contributed by atoms with Gasteiger partial charge < -0.3 is 10.1 Å². The summed E-state index contributed by atoms with van der Waals surface area (Å²) in [5.41, 5.74) is 1.64. The Balaban J connectivity index is 2.28. The number of nitrogens with one attached hydrogen (secondary N) is 1. The van der Waals surface area contributed by atoms with Crippen LogP contribution in [0, 0.1) is 6.92 Å². The van der Waals surface area contributed by atoms with E-state index < -0.39 is 5.97 Å². The number of anilines is 1. The Hall–Kier alpha value is -2.76. The van der Waals surface area contributed by atoms with Gasteiger partial charge in [-0.1, -0.05) is 26.0 Å². The van der Waals surface area contributed by atoms with Crippen LogP contribution in [0.4, 0.5) is 5.69 Å². The minimum atomic E-state index is -0.510. The largest absolute Gasteiger partial charge is 0.465 e. The average molecular weight is 313 g/mol. The number of ether oxygens (including phenoxy) is 1. The normalized spacial score (nSPS) is 10.5. The van der Waals surface area contributed by atoms with E-state index in [9.17, 15) is 9.59 Å². The summed E-state index contributed by atoms with van der Waals surface area (Å²) in [6.07, 6.45) is 1.51. The van der Waals surface area contributed by atoms with Crippen molar-refractivity contribution in [2.24, 2.45) is 0 Å². The highest BCUT2D eigenvalue weighted by Crippen LogP contribution is 2.18. The molecule has 0 atom stereocenters. The molecule has 0 saturated carbocycles. The van der Waals surface area contributed by atoms with Crippen molar-refractivity contribution < 1.29 is 14.3 Å². The van der Waals surface area contributed by atoms with Crippen LogP contribution in [0.3, 0.4) is 0 Å². The maximum Gasteiger partial charge on any atom is 0.339 e. The van der Waals surface area contributed by atoms with Gasteiger partial charge in [-0.3, -0.25) is 4.79 Å². The molecule has 6 heteroatoms. The predicted molar refractivity (Wildman–Crippen MR) is 86.6 cm³/mol. The van der Waals surface area contributed by atoms with E-state index in [0.717, 1.165) is 0 Å². The third-order valence-corrected chi connectivity index (χ3v) is 3.34. The molecule has 1 heterocycles. The first kappa shape index (κ1) is 16.6. The number of aryl methyl sites for hydroxylation is 1. The van der Waals surface area contributed by atoms with Crippen LogP contribution in [-0.2, 0) is 4.74 Å². The summed E-state index contributed by atoms with van der Waals surface area (Å²) in [7, 11) is 1.30. The van der Waals surface area contributed by atoms with Gasteiger partial charge in [-0.25, -0.2) is 14.8 Å². The zero-order chi connectivity index (χ0) is 17.0. The van der Waals surface area contributed by atoms with Crippen molar-refractivity contribution in [1.82, 2.24) is 9.97 Å². The molecule has 23 heavy (non-hydrogen) atoms. The molecule has 1 amide bonds. The van der Waals surface area contributed by atoms with Crippen LogP contribution in [0.15, 0.2) is 30.5 Å². The fourth-order valence-corrected chi connectivity index (χ4v) is 2.06. The minimum absolute atomic E-state index is 0.186. The fourth-order valence-electron chi connectivity index (χ4n) is 2.06. The van der Waals surface area contributed by atoms with Gasteiger partial charge in [0.1, 0.15) is 5.82 Å². The van der Waals surface area contributed by atoms with E-state index in [2.05, 4.69) is 15.3 Å². The van der Waals surface area contributed by atoms with E-state index in [1.807, 2.05) is 13.8 Å². The third-order valence-electron chi connectivity index (χ3n) is 3.34. The highest BCUT2D eigenvalue weighted by molar-refractivity contribution is 6.08. The Kier molecular flexibility index (Phi) is 5.05. The molecule has 120 valence electrons. The molecule has 0 aliphatic heterocycles. The lowest BCUT2D eigenvalue weighted by molar-refractivity contribution is 0.0602. The molecule has 0 spiro atoms. The Labute approximate surface area is 134 Å². The predicted octanol–water partition coefficient (Wildman–Crippen LogP) is 2.95. The first-order chi connectivity index (χ1) is 10.9. The lowest BCUT2D eigenvalue weighted by atomic mass is 10.1. The van der Waals surface area contributed by atoms with Crippen LogP contribution in [0.5, 0.6) is 0 Å². The molecule has 0 aliphatic carbocycles. The zero-order valence-electron chi connectivity index (χ0n) is 13.6. The first-order valence-corrected chi connectivity index (χ1v) is 7.26. The first-order valence-electron chi connectivity index (χ1n) is 7.26. The molecule has 1 aromatic carbocycles. The fraction of sp³-hybridized carbons (Fsp3) is 0.294. The van der Waals surface area contributed by atoms with E-state index in [1.165, 1.54) is 13.3 Å². The van der Waals surface area contributed by atoms with E-state index in [-0.39, 0.29) is 11.8 Å². The minimum Gasteiger partial charge on any atom is -0.465 e. The number of hydrogen-bond acceptors (Lipinski definition) is 5. The van der Waals surface area contributed by atoms with Crippen LogP contribution < -0.4 is 5.32 Å². The molecule has 6 nitrogen and oxygen atoms in total. The standard InChI is InChI=1S/C17H19N3O3/c1-10(2)15-18-9-13(11(3)19-15)16(21)20-14-8-6-5-7-12(14)17(22)23-4/h5-10H,1-4H3,(H,20,21). The monoisotopic (exact) mass is 313 g/mol. The van der Waals surface area contributed by atoms with Gasteiger partial charge >= 0.3 is 5.97 Å². The van der Waals surface area contributed by atoms with Crippen molar-refractivity contribution >= 4 is 17.6 Å². The van der Waals surface area contributed by atoms with Gasteiger partial charge in [0.2, 0.25) is 0 Å². The number of nitrogens with zero attached hydrogens (tertiary/aromatic N) is 2. The number of para-hydroxylation sites is 1. The van der Waals surface area contributed by atoms with Crippen LogP contribution in [0.25, 0.3) is 0 Å². The quantitative estimate of drug-likeness (QED) is 0.878. The summed E-state index contributed by atoms with van der Waals surface area (Å²) in [6, 6.07) is 6.66. The highest BCUT2D eigenvalue weighted by Gasteiger charge is 2.17. The van der Waals surface area contributed by atoms with Gasteiger partial charge in [0.25, 0.3) is 5.91 Å². The number of benzene rings is 1. The van der Waals surface area contributed by atoms with Gasteiger partial charge in [-0.2, -0.15) is 0 Å². The van der Waals surface area contributed by atoms with Crippen LogP contribution in [-0.4, -0.2) is 29.0 Å². The molecular weight excluding hydrogens is 294 g/mol. The molecule has 1 N–H and O–H groups in total. The number of methoxy groups -OCH3 is 1. The second kappa shape index (κ2) is 7.00. The SMILES string of the molecule is COC(=O)c1ccccc1NC(=O)c1cnc(C(C)C)nc1C. The number of amides is 1. The average Bonchev–Trinajstić information content (AvgIpc) is 2.54. The van der Waals surface area contributed by atoms with E-state index in [4.69, 9.17) is 4.74 Å². The van der Waals surface area contributed by atoms with Crippen molar-refractivity contribution in [3.8, 4) is 0 Å². The smallest absolute Gasteiger partial charge is 0.339 e. The van der Waals surface area contributed by atoms with Crippen LogP contribution in [0.1, 0.15) is 52.0 Å². The lowest BCUT2D eigenvalue weighted by Gasteiger charge is -2.11. The summed E-state index contributed by atoms with van der Waals surface area (Å²) in [6.45, 7) is 5.73. The number of aromatic nitrogens is 2. The van der Waals surface area contributed by atoms with Gasteiger partial charge in [-0.05, 0) is 19.1 Å². The summed E-state index contributed by atoms with van der Waals surface area (Å²) < 4.78 is 4.72. The summed E-state index contributed by atoms with van der Waals surface area (Å²) >= 11 is 0. The number of hydrogen-bond donors (Lipinski definition) is 1. The molecule has 0 saturated heterocycles. The Morgan fingerprint density at radius 1 is 1.17 bits per heavy atom. The van der Waals surface area contributed by atoms with Crippen molar-refractivity contribution in [3.63, 3.8) is 0 Å². The zero-order valence-corrected chi connectivity index (χ0v) is 13.6. The molecule has 0 unspecified atom stereocenters.